The quantitative estimate of drug-likeness (QED) is 0.329. The van der Waals surface area contributed by atoms with Crippen LogP contribution in [0.2, 0.25) is 0 Å². The zero-order valence-corrected chi connectivity index (χ0v) is 16.9. The lowest BCUT2D eigenvalue weighted by Gasteiger charge is -2.09. The molecule has 0 bridgehead atoms. The number of amides is 1. The van der Waals surface area contributed by atoms with Gasteiger partial charge in [-0.15, -0.1) is 5.10 Å². The van der Waals surface area contributed by atoms with Crippen molar-refractivity contribution in [2.45, 2.75) is 0 Å². The summed E-state index contributed by atoms with van der Waals surface area (Å²) in [5, 5.41) is 8.32. The molecule has 0 saturated carbocycles. The van der Waals surface area contributed by atoms with Crippen molar-refractivity contribution in [2.24, 2.45) is 15.9 Å². The number of hydrogen-bond donors (Lipinski definition) is 1. The molecule has 31 heavy (non-hydrogen) atoms. The summed E-state index contributed by atoms with van der Waals surface area (Å²) in [4.78, 5) is 23.9. The van der Waals surface area contributed by atoms with Crippen molar-refractivity contribution >= 4 is 23.6 Å². The fraction of sp³-hybridized carbons (Fsp3) is 0.0833. The van der Waals surface area contributed by atoms with E-state index in [1.54, 1.807) is 42.5 Å². The average Bonchev–Trinajstić information content (AvgIpc) is 2.81. The van der Waals surface area contributed by atoms with Gasteiger partial charge in [0.2, 0.25) is 5.78 Å². The number of ether oxygens (including phenoxy) is 2. The molecule has 3 rings (SSSR count). The molecule has 0 aliphatic rings. The Hall–Kier alpha value is -4.26. The monoisotopic (exact) mass is 415 g/mol. The summed E-state index contributed by atoms with van der Waals surface area (Å²) in [6, 6.07) is 23.1. The molecule has 0 spiro atoms. The number of carbonyl (C=O) groups excluding carboxylic acids is 2. The molecule has 0 radical (unpaired) electrons. The topological polar surface area (TPSA) is 103 Å². The second-order valence-corrected chi connectivity index (χ2v) is 6.42. The molecule has 7 nitrogen and oxygen atoms in total. The second-order valence-electron chi connectivity index (χ2n) is 6.42. The normalized spacial score (nSPS) is 11.3. The van der Waals surface area contributed by atoms with Crippen LogP contribution in [-0.2, 0) is 4.79 Å². The molecule has 1 amide bonds. The largest absolute Gasteiger partial charge is 0.493 e. The van der Waals surface area contributed by atoms with E-state index in [1.165, 1.54) is 13.3 Å². The van der Waals surface area contributed by atoms with Crippen molar-refractivity contribution in [1.29, 1.82) is 0 Å². The van der Waals surface area contributed by atoms with Gasteiger partial charge >= 0.3 is 0 Å². The summed E-state index contributed by atoms with van der Waals surface area (Å²) in [6.45, 7) is -0.254. The van der Waals surface area contributed by atoms with Crippen molar-refractivity contribution in [1.82, 2.24) is 0 Å². The van der Waals surface area contributed by atoms with Crippen LogP contribution in [-0.4, -0.2) is 37.3 Å². The van der Waals surface area contributed by atoms with Gasteiger partial charge in [0.1, 0.15) is 5.71 Å². The zero-order chi connectivity index (χ0) is 22.1. The Morgan fingerprint density at radius 1 is 0.903 bits per heavy atom. The fourth-order valence-corrected chi connectivity index (χ4v) is 2.74. The third-order valence-electron chi connectivity index (χ3n) is 4.22. The number of benzene rings is 3. The molecule has 0 unspecified atom stereocenters. The number of carbonyl (C=O) groups is 2. The third kappa shape index (κ3) is 5.86. The van der Waals surface area contributed by atoms with Gasteiger partial charge in [-0.05, 0) is 23.8 Å². The number of primary amides is 1. The van der Waals surface area contributed by atoms with Crippen LogP contribution >= 0.6 is 0 Å². The van der Waals surface area contributed by atoms with Gasteiger partial charge in [-0.1, -0.05) is 60.7 Å². The highest BCUT2D eigenvalue weighted by Crippen LogP contribution is 2.27. The molecule has 0 aromatic heterocycles. The summed E-state index contributed by atoms with van der Waals surface area (Å²) in [5.41, 5.74) is 7.20. The first kappa shape index (κ1) is 21.4. The van der Waals surface area contributed by atoms with E-state index in [2.05, 4.69) is 10.2 Å². The highest BCUT2D eigenvalue weighted by molar-refractivity contribution is 6.51. The fourth-order valence-electron chi connectivity index (χ4n) is 2.74. The first-order chi connectivity index (χ1) is 15.1. The highest BCUT2D eigenvalue weighted by Gasteiger charge is 2.16. The summed E-state index contributed by atoms with van der Waals surface area (Å²) in [6.07, 6.45) is 1.50. The van der Waals surface area contributed by atoms with Crippen LogP contribution in [0.3, 0.4) is 0 Å². The first-order valence-corrected chi connectivity index (χ1v) is 9.44. The van der Waals surface area contributed by atoms with Gasteiger partial charge in [0, 0.05) is 11.1 Å². The van der Waals surface area contributed by atoms with E-state index in [0.29, 0.717) is 28.2 Å². The van der Waals surface area contributed by atoms with Crippen molar-refractivity contribution < 1.29 is 19.1 Å². The lowest BCUT2D eigenvalue weighted by atomic mass is 10.0. The van der Waals surface area contributed by atoms with E-state index in [1.807, 2.05) is 36.4 Å². The second kappa shape index (κ2) is 10.5. The lowest BCUT2D eigenvalue weighted by molar-refractivity contribution is -0.119. The number of methoxy groups -OCH3 is 1. The Kier molecular flexibility index (Phi) is 7.26. The number of hydrogen-bond acceptors (Lipinski definition) is 6. The minimum absolute atomic E-state index is 0.225. The summed E-state index contributed by atoms with van der Waals surface area (Å²) in [7, 11) is 1.48. The van der Waals surface area contributed by atoms with E-state index in [-0.39, 0.29) is 18.1 Å². The van der Waals surface area contributed by atoms with E-state index in [9.17, 15) is 9.59 Å². The van der Waals surface area contributed by atoms with Gasteiger partial charge < -0.3 is 15.2 Å². The smallest absolute Gasteiger partial charge is 0.255 e. The van der Waals surface area contributed by atoms with Crippen molar-refractivity contribution in [3.63, 3.8) is 0 Å². The van der Waals surface area contributed by atoms with E-state index < -0.39 is 5.91 Å². The van der Waals surface area contributed by atoms with Gasteiger partial charge in [0.25, 0.3) is 5.91 Å². The zero-order valence-electron chi connectivity index (χ0n) is 16.9. The van der Waals surface area contributed by atoms with Gasteiger partial charge in [-0.25, -0.2) is 0 Å². The van der Waals surface area contributed by atoms with Crippen molar-refractivity contribution in [2.75, 3.05) is 13.7 Å². The Morgan fingerprint density at radius 2 is 1.55 bits per heavy atom. The summed E-state index contributed by atoms with van der Waals surface area (Å²) >= 11 is 0. The highest BCUT2D eigenvalue weighted by atomic mass is 16.5. The molecule has 3 aromatic rings. The van der Waals surface area contributed by atoms with Crippen molar-refractivity contribution in [3.8, 4) is 11.5 Å². The molecule has 3 aromatic carbocycles. The van der Waals surface area contributed by atoms with Crippen LogP contribution < -0.4 is 15.2 Å². The molecule has 156 valence electrons. The van der Waals surface area contributed by atoms with Crippen LogP contribution in [0.1, 0.15) is 21.5 Å². The molecule has 0 atom stereocenters. The van der Waals surface area contributed by atoms with Crippen LogP contribution in [0, 0.1) is 0 Å². The minimum Gasteiger partial charge on any atom is -0.493 e. The summed E-state index contributed by atoms with van der Waals surface area (Å²) in [5.74, 6) is -0.0145. The molecular weight excluding hydrogens is 394 g/mol. The van der Waals surface area contributed by atoms with Crippen LogP contribution in [0.25, 0.3) is 0 Å². The molecule has 0 fully saturated rings. The standard InChI is InChI=1S/C24H21N3O4/c1-30-21-14-17(12-13-20(21)31-16-22(25)28)15-26-27-23(18-8-4-2-5-9-18)24(29)19-10-6-3-7-11-19/h2-15H,16H2,1H3,(H2,25,28)/b26-15+,27-23+. The number of Topliss-reactive ketones (excluding diaryl/α,β-unsaturated/α-hetero) is 1. The number of nitrogens with two attached hydrogens (primary N) is 1. The summed E-state index contributed by atoms with van der Waals surface area (Å²) < 4.78 is 10.6. The third-order valence-corrected chi connectivity index (χ3v) is 4.22. The molecule has 2 N–H and O–H groups in total. The molecule has 0 aliphatic carbocycles. The van der Waals surface area contributed by atoms with Gasteiger partial charge in [-0.2, -0.15) is 5.10 Å². The van der Waals surface area contributed by atoms with Gasteiger partial charge in [0.15, 0.2) is 18.1 Å². The van der Waals surface area contributed by atoms with E-state index >= 15 is 0 Å². The first-order valence-electron chi connectivity index (χ1n) is 9.44. The Bertz CT molecular complexity index is 1110. The van der Waals surface area contributed by atoms with Crippen molar-refractivity contribution in [3.05, 3.63) is 95.6 Å². The number of ketones is 1. The predicted molar refractivity (Wildman–Crippen MR) is 119 cm³/mol. The Balaban J connectivity index is 1.88. The molecule has 0 aliphatic heterocycles. The maximum Gasteiger partial charge on any atom is 0.255 e. The average molecular weight is 415 g/mol. The number of rotatable bonds is 9. The van der Waals surface area contributed by atoms with Gasteiger partial charge in [0.05, 0.1) is 13.3 Å². The number of nitrogens with zero attached hydrogens (tertiary/aromatic N) is 2. The van der Waals surface area contributed by atoms with E-state index in [4.69, 9.17) is 15.2 Å². The maximum atomic E-state index is 13.0. The van der Waals surface area contributed by atoms with Crippen LogP contribution in [0.15, 0.2) is 89.1 Å². The van der Waals surface area contributed by atoms with Crippen LogP contribution in [0.5, 0.6) is 11.5 Å². The maximum absolute atomic E-state index is 13.0. The minimum atomic E-state index is -0.585. The van der Waals surface area contributed by atoms with E-state index in [0.717, 1.165) is 0 Å². The molecule has 0 heterocycles. The predicted octanol–water partition coefficient (Wildman–Crippen LogP) is 3.27. The van der Waals surface area contributed by atoms with Crippen LogP contribution in [0.4, 0.5) is 0 Å². The molecule has 0 saturated heterocycles. The lowest BCUT2D eigenvalue weighted by Crippen LogP contribution is -2.20. The Labute approximate surface area is 179 Å². The van der Waals surface area contributed by atoms with Gasteiger partial charge in [-0.3, -0.25) is 9.59 Å². The Morgan fingerprint density at radius 3 is 2.16 bits per heavy atom. The molecule has 7 heteroatoms. The molecular formula is C24H21N3O4. The SMILES string of the molecule is COc1cc(/C=N/N=C(/C(=O)c2ccccc2)c2ccccc2)ccc1OCC(N)=O.